The van der Waals surface area contributed by atoms with E-state index >= 15 is 0 Å². The van der Waals surface area contributed by atoms with Gasteiger partial charge in [0.15, 0.2) is 6.10 Å². The van der Waals surface area contributed by atoms with Crippen LogP contribution in [-0.4, -0.2) is 66.5 Å². The molecule has 0 aliphatic rings. The van der Waals surface area contributed by atoms with Crippen molar-refractivity contribution in [2.45, 2.75) is 277 Å². The molecule has 12 heteroatoms. The summed E-state index contributed by atoms with van der Waals surface area (Å²) in [6, 6.07) is 0. The average molecular weight is 1010 g/mol. The molecule has 0 aromatic carbocycles. The molecule has 2 N–H and O–H groups in total. The zero-order valence-electron chi connectivity index (χ0n) is 45.0. The van der Waals surface area contributed by atoms with E-state index in [9.17, 15) is 28.9 Å². The van der Waals surface area contributed by atoms with Crippen molar-refractivity contribution in [1.82, 2.24) is 0 Å². The minimum atomic E-state index is -4.75. The van der Waals surface area contributed by atoms with Crippen molar-refractivity contribution in [2.24, 2.45) is 0 Å². The van der Waals surface area contributed by atoms with Gasteiger partial charge in [0.05, 0.1) is 19.8 Å². The van der Waals surface area contributed by atoms with E-state index in [4.69, 9.17) is 23.3 Å². The summed E-state index contributed by atoms with van der Waals surface area (Å²) >= 11 is 0. The molecule has 3 atom stereocenters. The van der Waals surface area contributed by atoms with Gasteiger partial charge in [0.1, 0.15) is 12.7 Å². The maximum Gasteiger partial charge on any atom is 0.472 e. The Morgan fingerprint density at radius 2 is 0.743 bits per heavy atom. The highest BCUT2D eigenvalue weighted by molar-refractivity contribution is 7.47. The number of esters is 3. The molecule has 0 amide bonds. The lowest BCUT2D eigenvalue weighted by molar-refractivity contribution is -0.161. The van der Waals surface area contributed by atoms with Gasteiger partial charge in [0.2, 0.25) is 0 Å². The molecular formula is C58H105O11P. The molecule has 0 aromatic heterocycles. The second-order valence-electron chi connectivity index (χ2n) is 19.1. The van der Waals surface area contributed by atoms with Gasteiger partial charge in [-0.05, 0) is 57.8 Å². The maximum atomic E-state index is 12.9. The summed E-state index contributed by atoms with van der Waals surface area (Å²) in [5.74, 6) is -1.50. The minimum absolute atomic E-state index is 0.118. The van der Waals surface area contributed by atoms with Gasteiger partial charge in [-0.2, -0.15) is 0 Å². The van der Waals surface area contributed by atoms with Crippen LogP contribution in [0.5, 0.6) is 0 Å². The Hall–Kier alpha value is -2.56. The van der Waals surface area contributed by atoms with Gasteiger partial charge in [-0.15, -0.1) is 0 Å². The molecule has 0 spiro atoms. The van der Waals surface area contributed by atoms with Crippen LogP contribution >= 0.6 is 7.82 Å². The van der Waals surface area contributed by atoms with Crippen LogP contribution in [0.2, 0.25) is 0 Å². The topological polar surface area (TPSA) is 155 Å². The standard InChI is InChI=1S/C58H105O11P/c1-4-7-10-13-16-19-22-24-26-27-29-30-33-35-38-41-44-47-56(60)65-51-55(69-58(62)49-46-43-40-37-34-31-28-25-23-20-17-14-11-8-5-2)53-67-70(63,64)66-52-54(50-59)68-57(61)48-45-42-39-36-32-21-18-15-12-9-6-3/h8,11,17,20,25,28,34,37,54-55,59H,4-7,9-10,12-16,18-19,21-24,26-27,29-33,35-36,38-53H2,1-3H3,(H,63,64)/b11-8-,20-17-,28-25-,37-34-. The van der Waals surface area contributed by atoms with Gasteiger partial charge in [0, 0.05) is 19.3 Å². The van der Waals surface area contributed by atoms with E-state index in [1.807, 2.05) is 0 Å². The molecule has 0 radical (unpaired) electrons. The van der Waals surface area contributed by atoms with Gasteiger partial charge in [-0.25, -0.2) is 4.57 Å². The maximum absolute atomic E-state index is 12.9. The second kappa shape index (κ2) is 52.8. The van der Waals surface area contributed by atoms with Crippen LogP contribution in [0.4, 0.5) is 0 Å². The molecule has 0 rings (SSSR count). The highest BCUT2D eigenvalue weighted by Gasteiger charge is 2.28. The van der Waals surface area contributed by atoms with E-state index in [1.54, 1.807) is 0 Å². The van der Waals surface area contributed by atoms with Crippen LogP contribution in [0.1, 0.15) is 265 Å². The lowest BCUT2D eigenvalue weighted by atomic mass is 10.0. The number of carbonyl (C=O) groups is 3. The first-order chi connectivity index (χ1) is 34.2. The number of rotatable bonds is 53. The zero-order valence-corrected chi connectivity index (χ0v) is 45.9. The van der Waals surface area contributed by atoms with Crippen LogP contribution in [0.25, 0.3) is 0 Å². The SMILES string of the molecule is CC/C=C\C/C=C\C/C=C\C/C=C\CCCCC(=O)OC(COC(=O)CCCCCCCCCCCCCCCCCCC)COP(=O)(O)OCC(CO)OC(=O)CCCCCCCCCCCCC. The van der Waals surface area contributed by atoms with Crippen molar-refractivity contribution in [1.29, 1.82) is 0 Å². The Morgan fingerprint density at radius 3 is 1.14 bits per heavy atom. The summed E-state index contributed by atoms with van der Waals surface area (Å²) in [5, 5.41) is 9.78. The summed E-state index contributed by atoms with van der Waals surface area (Å²) in [7, 11) is -4.75. The third-order valence-corrected chi connectivity index (χ3v) is 13.2. The highest BCUT2D eigenvalue weighted by Crippen LogP contribution is 2.43. The van der Waals surface area contributed by atoms with Crippen LogP contribution in [0.15, 0.2) is 48.6 Å². The van der Waals surface area contributed by atoms with Crippen molar-refractivity contribution in [3.8, 4) is 0 Å². The van der Waals surface area contributed by atoms with E-state index in [-0.39, 0.29) is 25.9 Å². The third-order valence-electron chi connectivity index (χ3n) is 12.3. The van der Waals surface area contributed by atoms with E-state index < -0.39 is 57.8 Å². The van der Waals surface area contributed by atoms with E-state index in [0.717, 1.165) is 77.0 Å². The third kappa shape index (κ3) is 50.4. The number of aliphatic hydroxyl groups excluding tert-OH is 1. The second-order valence-corrected chi connectivity index (χ2v) is 20.5. The fraction of sp³-hybridized carbons (Fsp3) is 0.810. The molecule has 0 saturated carbocycles. The Balaban J connectivity index is 4.75. The summed E-state index contributed by atoms with van der Waals surface area (Å²) in [6.07, 6.45) is 55.1. The lowest BCUT2D eigenvalue weighted by Gasteiger charge is -2.21. The van der Waals surface area contributed by atoms with Gasteiger partial charge in [-0.1, -0.05) is 236 Å². The summed E-state index contributed by atoms with van der Waals surface area (Å²) < 4.78 is 39.4. The number of allylic oxidation sites excluding steroid dienone is 8. The number of carbonyl (C=O) groups excluding carboxylic acids is 3. The number of hydrogen-bond acceptors (Lipinski definition) is 10. The Bertz CT molecular complexity index is 1360. The molecule has 0 bridgehead atoms. The quantitative estimate of drug-likeness (QED) is 0.0197. The predicted molar refractivity (Wildman–Crippen MR) is 289 cm³/mol. The molecule has 70 heavy (non-hydrogen) atoms. The molecule has 0 aliphatic carbocycles. The first kappa shape index (κ1) is 67.4. The molecule has 3 unspecified atom stereocenters. The zero-order chi connectivity index (χ0) is 51.3. The fourth-order valence-corrected chi connectivity index (χ4v) is 8.72. The Labute approximate surface area is 428 Å². The largest absolute Gasteiger partial charge is 0.472 e. The van der Waals surface area contributed by atoms with Crippen LogP contribution in [0, 0.1) is 0 Å². The number of phosphoric acid groups is 1. The van der Waals surface area contributed by atoms with E-state index in [2.05, 4.69) is 69.4 Å². The normalized spacial score (nSPS) is 13.7. The first-order valence-corrected chi connectivity index (χ1v) is 30.0. The first-order valence-electron chi connectivity index (χ1n) is 28.5. The van der Waals surface area contributed by atoms with Crippen molar-refractivity contribution in [3.05, 3.63) is 48.6 Å². The molecule has 0 saturated heterocycles. The average Bonchev–Trinajstić information content (AvgIpc) is 3.35. The molecular weight excluding hydrogens is 904 g/mol. The number of hydrogen-bond donors (Lipinski definition) is 2. The molecule has 0 heterocycles. The highest BCUT2D eigenvalue weighted by atomic mass is 31.2. The van der Waals surface area contributed by atoms with Crippen LogP contribution in [0.3, 0.4) is 0 Å². The Morgan fingerprint density at radius 1 is 0.414 bits per heavy atom. The predicted octanol–water partition coefficient (Wildman–Crippen LogP) is 16.6. The number of ether oxygens (including phenoxy) is 3. The van der Waals surface area contributed by atoms with E-state index in [1.165, 1.54) is 128 Å². The van der Waals surface area contributed by atoms with Crippen molar-refractivity contribution >= 4 is 25.7 Å². The van der Waals surface area contributed by atoms with Gasteiger partial charge >= 0.3 is 25.7 Å². The van der Waals surface area contributed by atoms with Crippen molar-refractivity contribution < 1.29 is 52.2 Å². The molecule has 11 nitrogen and oxygen atoms in total. The fourth-order valence-electron chi connectivity index (χ4n) is 7.94. The van der Waals surface area contributed by atoms with Gasteiger partial charge in [-0.3, -0.25) is 23.4 Å². The van der Waals surface area contributed by atoms with Crippen molar-refractivity contribution in [2.75, 3.05) is 26.4 Å². The summed E-state index contributed by atoms with van der Waals surface area (Å²) in [4.78, 5) is 48.4. The number of aliphatic hydroxyl groups is 1. The molecule has 0 fully saturated rings. The Kier molecular flexibility index (Phi) is 50.8. The van der Waals surface area contributed by atoms with Gasteiger partial charge in [0.25, 0.3) is 0 Å². The monoisotopic (exact) mass is 1010 g/mol. The number of phosphoric ester groups is 1. The van der Waals surface area contributed by atoms with Crippen molar-refractivity contribution in [3.63, 3.8) is 0 Å². The van der Waals surface area contributed by atoms with Gasteiger partial charge < -0.3 is 24.2 Å². The van der Waals surface area contributed by atoms with Crippen LogP contribution < -0.4 is 0 Å². The van der Waals surface area contributed by atoms with E-state index in [0.29, 0.717) is 19.3 Å². The lowest BCUT2D eigenvalue weighted by Crippen LogP contribution is -2.30. The van der Waals surface area contributed by atoms with Crippen LogP contribution in [-0.2, 0) is 42.2 Å². The smallest absolute Gasteiger partial charge is 0.462 e. The summed E-state index contributed by atoms with van der Waals surface area (Å²) in [5.41, 5.74) is 0. The summed E-state index contributed by atoms with van der Waals surface area (Å²) in [6.45, 7) is 4.50. The number of unbranched alkanes of at least 4 members (excludes halogenated alkanes) is 28. The minimum Gasteiger partial charge on any atom is -0.462 e. The molecule has 0 aromatic rings. The molecule has 0 aliphatic heterocycles. The molecule has 408 valence electrons.